The Morgan fingerprint density at radius 2 is 1.95 bits per heavy atom. The first-order valence-electron chi connectivity index (χ1n) is 6.28. The van der Waals surface area contributed by atoms with Crippen LogP contribution in [0.15, 0.2) is 23.6 Å². The number of hydrogen-bond acceptors (Lipinski definition) is 4. The van der Waals surface area contributed by atoms with Crippen molar-refractivity contribution in [2.24, 2.45) is 5.73 Å². The molecule has 110 valence electrons. The standard InChI is InChI=1S/C15H16N2O3S/c1-8-4-5-10(6-9(8)2)11-7-21-14(12(11)13(16)18)17-15(19)20-3/h4-7H,1-3H3,(H2,16,18)(H,17,19). The first-order chi connectivity index (χ1) is 9.93. The van der Waals surface area contributed by atoms with E-state index in [2.05, 4.69) is 10.1 Å². The van der Waals surface area contributed by atoms with E-state index in [9.17, 15) is 9.59 Å². The summed E-state index contributed by atoms with van der Waals surface area (Å²) in [7, 11) is 1.26. The van der Waals surface area contributed by atoms with Crippen molar-refractivity contribution in [3.8, 4) is 11.1 Å². The number of benzene rings is 1. The van der Waals surface area contributed by atoms with Crippen LogP contribution in [0, 0.1) is 13.8 Å². The minimum absolute atomic E-state index is 0.300. The molecule has 0 radical (unpaired) electrons. The van der Waals surface area contributed by atoms with E-state index in [4.69, 9.17) is 5.73 Å². The van der Waals surface area contributed by atoms with Gasteiger partial charge in [0.25, 0.3) is 5.91 Å². The second-order valence-corrected chi connectivity index (χ2v) is 5.51. The first kappa shape index (κ1) is 15.1. The zero-order valence-electron chi connectivity index (χ0n) is 12.0. The Bertz CT molecular complexity index is 707. The monoisotopic (exact) mass is 304 g/mol. The molecule has 2 rings (SSSR count). The Kier molecular flexibility index (Phi) is 4.28. The number of carbonyl (C=O) groups excluding carboxylic acids is 2. The predicted octanol–water partition coefficient (Wildman–Crippen LogP) is 3.31. The number of hydrogen-bond donors (Lipinski definition) is 2. The molecule has 0 bridgehead atoms. The van der Waals surface area contributed by atoms with E-state index in [0.29, 0.717) is 16.1 Å². The number of nitrogens with two attached hydrogens (primary N) is 1. The molecule has 0 fully saturated rings. The third-order valence-corrected chi connectivity index (χ3v) is 4.15. The highest BCUT2D eigenvalue weighted by Gasteiger charge is 2.20. The average molecular weight is 304 g/mol. The minimum atomic E-state index is -0.633. The van der Waals surface area contributed by atoms with Gasteiger partial charge in [0.1, 0.15) is 5.00 Å². The molecule has 0 spiro atoms. The van der Waals surface area contributed by atoms with Crippen LogP contribution in [0.2, 0.25) is 0 Å². The van der Waals surface area contributed by atoms with Crippen molar-refractivity contribution in [1.82, 2.24) is 0 Å². The molecule has 0 atom stereocenters. The van der Waals surface area contributed by atoms with Gasteiger partial charge in [-0.25, -0.2) is 4.79 Å². The van der Waals surface area contributed by atoms with Crippen LogP contribution in [0.3, 0.4) is 0 Å². The van der Waals surface area contributed by atoms with E-state index in [0.717, 1.165) is 11.1 Å². The molecular formula is C15H16N2O3S. The number of methoxy groups -OCH3 is 1. The fraction of sp³-hybridized carbons (Fsp3) is 0.200. The van der Waals surface area contributed by atoms with Crippen molar-refractivity contribution in [3.63, 3.8) is 0 Å². The molecule has 5 nitrogen and oxygen atoms in total. The summed E-state index contributed by atoms with van der Waals surface area (Å²) in [6.07, 6.45) is -0.633. The summed E-state index contributed by atoms with van der Waals surface area (Å²) in [6, 6.07) is 5.91. The highest BCUT2D eigenvalue weighted by atomic mass is 32.1. The predicted molar refractivity (Wildman–Crippen MR) is 83.8 cm³/mol. The second kappa shape index (κ2) is 5.97. The lowest BCUT2D eigenvalue weighted by Crippen LogP contribution is -2.17. The first-order valence-corrected chi connectivity index (χ1v) is 7.16. The number of anilines is 1. The normalized spacial score (nSPS) is 10.2. The van der Waals surface area contributed by atoms with Gasteiger partial charge in [0.15, 0.2) is 0 Å². The maximum absolute atomic E-state index is 11.7. The Morgan fingerprint density at radius 1 is 1.24 bits per heavy atom. The number of carbonyl (C=O) groups is 2. The lowest BCUT2D eigenvalue weighted by atomic mass is 9.99. The van der Waals surface area contributed by atoms with E-state index in [1.165, 1.54) is 24.0 Å². The van der Waals surface area contributed by atoms with Gasteiger partial charge in [-0.1, -0.05) is 18.2 Å². The summed E-state index contributed by atoms with van der Waals surface area (Å²) in [6.45, 7) is 4.02. The SMILES string of the molecule is COC(=O)Nc1scc(-c2ccc(C)c(C)c2)c1C(N)=O. The minimum Gasteiger partial charge on any atom is -0.453 e. The van der Waals surface area contributed by atoms with Gasteiger partial charge in [-0.05, 0) is 30.5 Å². The molecular weight excluding hydrogens is 288 g/mol. The van der Waals surface area contributed by atoms with Gasteiger partial charge in [0, 0.05) is 10.9 Å². The molecule has 0 aliphatic heterocycles. The molecule has 0 aliphatic carbocycles. The summed E-state index contributed by atoms with van der Waals surface area (Å²) in [5.41, 5.74) is 9.65. The Hall–Kier alpha value is -2.34. The lowest BCUT2D eigenvalue weighted by Gasteiger charge is -2.07. The second-order valence-electron chi connectivity index (χ2n) is 4.63. The maximum Gasteiger partial charge on any atom is 0.411 e. The molecule has 0 saturated carbocycles. The molecule has 2 aromatic rings. The van der Waals surface area contributed by atoms with Gasteiger partial charge in [-0.3, -0.25) is 10.1 Å². The van der Waals surface area contributed by atoms with E-state index in [1.54, 1.807) is 5.38 Å². The van der Waals surface area contributed by atoms with Crippen molar-refractivity contribution in [3.05, 3.63) is 40.3 Å². The van der Waals surface area contributed by atoms with E-state index in [-0.39, 0.29) is 0 Å². The van der Waals surface area contributed by atoms with Gasteiger partial charge in [-0.15, -0.1) is 11.3 Å². The molecule has 2 amide bonds. The van der Waals surface area contributed by atoms with Crippen LogP contribution in [0.5, 0.6) is 0 Å². The van der Waals surface area contributed by atoms with Crippen LogP contribution in [0.1, 0.15) is 21.5 Å². The van der Waals surface area contributed by atoms with Crippen molar-refractivity contribution in [2.75, 3.05) is 12.4 Å². The molecule has 1 aromatic heterocycles. The number of primary amides is 1. The van der Waals surface area contributed by atoms with Gasteiger partial charge in [0.2, 0.25) is 0 Å². The Balaban J connectivity index is 2.51. The molecule has 1 aromatic carbocycles. The number of rotatable bonds is 3. The van der Waals surface area contributed by atoms with Gasteiger partial charge in [0.05, 0.1) is 12.7 Å². The largest absolute Gasteiger partial charge is 0.453 e. The van der Waals surface area contributed by atoms with Crippen molar-refractivity contribution < 1.29 is 14.3 Å². The van der Waals surface area contributed by atoms with Gasteiger partial charge >= 0.3 is 6.09 Å². The third kappa shape index (κ3) is 3.05. The molecule has 21 heavy (non-hydrogen) atoms. The summed E-state index contributed by atoms with van der Waals surface area (Å²) in [5, 5.41) is 4.71. The van der Waals surface area contributed by atoms with Crippen LogP contribution in [-0.2, 0) is 4.74 Å². The van der Waals surface area contributed by atoms with Crippen molar-refractivity contribution >= 4 is 28.3 Å². The zero-order chi connectivity index (χ0) is 15.6. The lowest BCUT2D eigenvalue weighted by molar-refractivity contribution is 0.100. The van der Waals surface area contributed by atoms with Gasteiger partial charge < -0.3 is 10.5 Å². The summed E-state index contributed by atoms with van der Waals surface area (Å²) in [5.74, 6) is -0.587. The van der Waals surface area contributed by atoms with Gasteiger partial charge in [-0.2, -0.15) is 0 Å². The highest BCUT2D eigenvalue weighted by molar-refractivity contribution is 7.15. The summed E-state index contributed by atoms with van der Waals surface area (Å²) < 4.78 is 4.54. The van der Waals surface area contributed by atoms with E-state index < -0.39 is 12.0 Å². The molecule has 1 heterocycles. The molecule has 0 aliphatic rings. The number of amides is 2. The quantitative estimate of drug-likeness (QED) is 0.912. The molecule has 6 heteroatoms. The Labute approximate surface area is 126 Å². The average Bonchev–Trinajstić information content (AvgIpc) is 2.85. The summed E-state index contributed by atoms with van der Waals surface area (Å²) in [4.78, 5) is 23.1. The molecule has 0 saturated heterocycles. The van der Waals surface area contributed by atoms with E-state index in [1.807, 2.05) is 32.0 Å². The highest BCUT2D eigenvalue weighted by Crippen LogP contribution is 2.36. The van der Waals surface area contributed by atoms with E-state index >= 15 is 0 Å². The zero-order valence-corrected chi connectivity index (χ0v) is 12.8. The topological polar surface area (TPSA) is 81.4 Å². The van der Waals surface area contributed by atoms with Crippen LogP contribution in [-0.4, -0.2) is 19.1 Å². The Morgan fingerprint density at radius 3 is 2.52 bits per heavy atom. The number of ether oxygens (including phenoxy) is 1. The maximum atomic E-state index is 11.7. The number of nitrogens with one attached hydrogen (secondary N) is 1. The van der Waals surface area contributed by atoms with Crippen LogP contribution in [0.25, 0.3) is 11.1 Å². The number of thiophene rings is 1. The molecule has 0 unspecified atom stereocenters. The third-order valence-electron chi connectivity index (χ3n) is 3.26. The van der Waals surface area contributed by atoms with Crippen LogP contribution >= 0.6 is 11.3 Å². The number of aryl methyl sites for hydroxylation is 2. The smallest absolute Gasteiger partial charge is 0.411 e. The summed E-state index contributed by atoms with van der Waals surface area (Å²) >= 11 is 1.24. The van der Waals surface area contributed by atoms with Crippen molar-refractivity contribution in [1.29, 1.82) is 0 Å². The fourth-order valence-corrected chi connectivity index (χ4v) is 2.92. The van der Waals surface area contributed by atoms with Crippen LogP contribution < -0.4 is 11.1 Å². The fourth-order valence-electron chi connectivity index (χ4n) is 1.96. The van der Waals surface area contributed by atoms with Crippen LogP contribution in [0.4, 0.5) is 9.80 Å². The van der Waals surface area contributed by atoms with Crippen molar-refractivity contribution in [2.45, 2.75) is 13.8 Å². The molecule has 3 N–H and O–H groups in total.